The molecule has 9 nitrogen and oxygen atoms in total. The normalized spacial score (nSPS) is 25.0. The quantitative estimate of drug-likeness (QED) is 0.349. The van der Waals surface area contributed by atoms with Crippen LogP contribution in [-0.2, 0) is 4.74 Å². The Labute approximate surface area is 242 Å². The summed E-state index contributed by atoms with van der Waals surface area (Å²) in [6.07, 6.45) is -0.599. The van der Waals surface area contributed by atoms with Gasteiger partial charge >= 0.3 is 6.01 Å². The molecule has 14 heteroatoms. The minimum Gasteiger partial charge on any atom is -0.462 e. The van der Waals surface area contributed by atoms with Crippen molar-refractivity contribution in [1.29, 1.82) is 0 Å². The standard InChI is InChI=1S/C27H27ClF3N7O2S/c1-37-8-12(29)4-13(37)11-40-27-35-22-17(25(36-27)38-14-6-33-7-15(38)10-39-9-14)5-18(28)20(21(22)31)16-2-3-19(30)24-23(16)34-26(32)41-24/h2-3,5,12-15,33H,4,6-11H2,1H3,(H2,32,34)/t12-,13+,14-,15+/m1/s1. The first kappa shape index (κ1) is 26.9. The zero-order valence-corrected chi connectivity index (χ0v) is 23.6. The van der Waals surface area contributed by atoms with E-state index in [0.29, 0.717) is 56.0 Å². The Morgan fingerprint density at radius 1 is 1.17 bits per heavy atom. The van der Waals surface area contributed by atoms with Crippen LogP contribution in [0.15, 0.2) is 18.2 Å². The number of nitrogens with one attached hydrogen (secondary N) is 1. The number of nitrogens with zero attached hydrogens (tertiary/aromatic N) is 5. The topological polar surface area (TPSA) is 102 Å². The van der Waals surface area contributed by atoms with Gasteiger partial charge in [0.15, 0.2) is 10.9 Å². The molecular weight excluding hydrogens is 579 g/mol. The molecule has 7 rings (SSSR count). The summed E-state index contributed by atoms with van der Waals surface area (Å²) in [7, 11) is 1.84. The minimum absolute atomic E-state index is 0.00532. The highest BCUT2D eigenvalue weighted by atomic mass is 35.5. The Bertz CT molecular complexity index is 1640. The number of morpholine rings is 1. The largest absolute Gasteiger partial charge is 0.462 e. The highest BCUT2D eigenvalue weighted by Gasteiger charge is 2.38. The fraction of sp³-hybridized carbons (Fsp3) is 0.444. The number of anilines is 2. The van der Waals surface area contributed by atoms with Gasteiger partial charge in [0.05, 0.1) is 40.5 Å². The molecular formula is C27H27ClF3N7O2S. The molecule has 2 bridgehead atoms. The fourth-order valence-electron chi connectivity index (χ4n) is 6.12. The van der Waals surface area contributed by atoms with Crippen LogP contribution in [-0.4, -0.2) is 90.7 Å². The number of likely N-dealkylation sites (tertiary alicyclic amines) is 1. The zero-order chi connectivity index (χ0) is 28.4. The lowest BCUT2D eigenvalue weighted by Gasteiger charge is -2.47. The Kier molecular flexibility index (Phi) is 6.81. The van der Waals surface area contributed by atoms with Crippen LogP contribution in [0, 0.1) is 11.6 Å². The highest BCUT2D eigenvalue weighted by molar-refractivity contribution is 7.22. The van der Waals surface area contributed by atoms with Gasteiger partial charge in [-0.05, 0) is 31.7 Å². The molecule has 3 aliphatic heterocycles. The van der Waals surface area contributed by atoms with Gasteiger partial charge in [0.1, 0.15) is 29.9 Å². The maximum atomic E-state index is 16.6. The third-order valence-electron chi connectivity index (χ3n) is 8.08. The number of nitrogens with two attached hydrogens (primary N) is 1. The van der Waals surface area contributed by atoms with Gasteiger partial charge in [-0.3, -0.25) is 4.90 Å². The van der Waals surface area contributed by atoms with Gasteiger partial charge in [0.25, 0.3) is 0 Å². The van der Waals surface area contributed by atoms with Gasteiger partial charge in [-0.1, -0.05) is 22.9 Å². The summed E-state index contributed by atoms with van der Waals surface area (Å²) < 4.78 is 57.2. The van der Waals surface area contributed by atoms with Gasteiger partial charge in [0.2, 0.25) is 0 Å². The second-order valence-electron chi connectivity index (χ2n) is 10.7. The predicted octanol–water partition coefficient (Wildman–Crippen LogP) is 4.02. The third-order valence-corrected chi connectivity index (χ3v) is 9.27. The monoisotopic (exact) mass is 605 g/mol. The maximum absolute atomic E-state index is 16.6. The molecule has 216 valence electrons. The molecule has 0 unspecified atom stereocenters. The number of likely N-dealkylation sites (N-methyl/N-ethyl adjacent to an activating group) is 1. The summed E-state index contributed by atoms with van der Waals surface area (Å²) in [5, 5.41) is 4.09. The molecule has 3 fully saturated rings. The van der Waals surface area contributed by atoms with Crippen LogP contribution >= 0.6 is 22.9 Å². The molecule has 3 aliphatic rings. The van der Waals surface area contributed by atoms with E-state index >= 15 is 4.39 Å². The number of hydrogen-bond acceptors (Lipinski definition) is 10. The number of alkyl halides is 1. The second-order valence-corrected chi connectivity index (χ2v) is 12.2. The summed E-state index contributed by atoms with van der Waals surface area (Å²) >= 11 is 7.75. The van der Waals surface area contributed by atoms with E-state index in [1.165, 1.54) is 12.1 Å². The zero-order valence-electron chi connectivity index (χ0n) is 22.0. The Morgan fingerprint density at radius 3 is 2.68 bits per heavy atom. The summed E-state index contributed by atoms with van der Waals surface area (Å²) in [4.78, 5) is 17.5. The lowest BCUT2D eigenvalue weighted by atomic mass is 10.00. The number of benzene rings is 2. The minimum atomic E-state index is -0.934. The van der Waals surface area contributed by atoms with Crippen molar-refractivity contribution in [3.63, 3.8) is 0 Å². The SMILES string of the molecule is CN1C[C@H](F)C[C@H]1COc1nc(N2[C@@H]3CNC[C@H]2COC3)c2cc(Cl)c(-c3ccc(F)c4sc(N)nc34)c(F)c2n1. The van der Waals surface area contributed by atoms with E-state index < -0.39 is 17.8 Å². The van der Waals surface area contributed by atoms with Gasteiger partial charge in [0, 0.05) is 42.2 Å². The van der Waals surface area contributed by atoms with Crippen molar-refractivity contribution in [1.82, 2.24) is 25.2 Å². The van der Waals surface area contributed by atoms with Gasteiger partial charge < -0.3 is 25.4 Å². The Hall–Kier alpha value is -2.97. The Balaban J connectivity index is 1.39. The van der Waals surface area contributed by atoms with E-state index in [-0.39, 0.29) is 62.2 Å². The van der Waals surface area contributed by atoms with Crippen molar-refractivity contribution in [3.05, 3.63) is 34.9 Å². The van der Waals surface area contributed by atoms with Crippen molar-refractivity contribution in [3.8, 4) is 17.1 Å². The number of aromatic nitrogens is 3. The average molecular weight is 606 g/mol. The van der Waals surface area contributed by atoms with Crippen molar-refractivity contribution in [2.45, 2.75) is 30.7 Å². The van der Waals surface area contributed by atoms with E-state index in [2.05, 4.69) is 20.2 Å². The molecule has 0 spiro atoms. The molecule has 2 aromatic carbocycles. The molecule has 41 heavy (non-hydrogen) atoms. The Morgan fingerprint density at radius 2 is 1.95 bits per heavy atom. The van der Waals surface area contributed by atoms with Crippen LogP contribution in [0.4, 0.5) is 24.1 Å². The molecule has 4 atom stereocenters. The average Bonchev–Trinajstić information content (AvgIpc) is 3.49. The molecule has 5 heterocycles. The lowest BCUT2D eigenvalue weighted by molar-refractivity contribution is 0.0523. The number of nitrogen functional groups attached to an aromatic ring is 1. The van der Waals surface area contributed by atoms with E-state index in [4.69, 9.17) is 31.8 Å². The van der Waals surface area contributed by atoms with Crippen LogP contribution in [0.2, 0.25) is 5.02 Å². The molecule has 0 radical (unpaired) electrons. The first-order valence-electron chi connectivity index (χ1n) is 13.4. The number of ether oxygens (including phenoxy) is 2. The summed E-state index contributed by atoms with van der Waals surface area (Å²) in [6, 6.07) is 4.05. The first-order valence-corrected chi connectivity index (χ1v) is 14.6. The van der Waals surface area contributed by atoms with E-state index in [1.54, 1.807) is 6.07 Å². The smallest absolute Gasteiger partial charge is 0.319 e. The second kappa shape index (κ2) is 10.4. The maximum Gasteiger partial charge on any atom is 0.319 e. The molecule has 0 amide bonds. The summed E-state index contributed by atoms with van der Waals surface area (Å²) in [5.41, 5.74) is 6.43. The van der Waals surface area contributed by atoms with Crippen LogP contribution in [0.5, 0.6) is 6.01 Å². The van der Waals surface area contributed by atoms with Gasteiger partial charge in [-0.2, -0.15) is 9.97 Å². The van der Waals surface area contributed by atoms with Crippen LogP contribution in [0.25, 0.3) is 32.2 Å². The fourth-order valence-corrected chi connectivity index (χ4v) is 7.17. The molecule has 4 aromatic rings. The number of rotatable bonds is 5. The molecule has 3 N–H and O–H groups in total. The summed E-state index contributed by atoms with van der Waals surface area (Å²) in [5.74, 6) is -0.725. The lowest BCUT2D eigenvalue weighted by Crippen LogP contribution is -2.64. The number of fused-ring (bicyclic) bond motifs is 4. The number of piperazine rings is 1. The molecule has 3 saturated heterocycles. The summed E-state index contributed by atoms with van der Waals surface area (Å²) in [6.45, 7) is 2.75. The van der Waals surface area contributed by atoms with Crippen molar-refractivity contribution >= 4 is 55.0 Å². The van der Waals surface area contributed by atoms with Gasteiger partial charge in [-0.25, -0.2) is 18.2 Å². The third kappa shape index (κ3) is 4.63. The van der Waals surface area contributed by atoms with E-state index in [0.717, 1.165) is 11.3 Å². The molecule has 0 saturated carbocycles. The van der Waals surface area contributed by atoms with Crippen LogP contribution in [0.3, 0.4) is 0 Å². The van der Waals surface area contributed by atoms with Gasteiger partial charge in [-0.15, -0.1) is 0 Å². The van der Waals surface area contributed by atoms with E-state index in [1.807, 2.05) is 11.9 Å². The predicted molar refractivity (Wildman–Crippen MR) is 153 cm³/mol. The van der Waals surface area contributed by atoms with Crippen molar-refractivity contribution < 1.29 is 22.6 Å². The van der Waals surface area contributed by atoms with E-state index in [9.17, 15) is 8.78 Å². The number of hydrogen-bond donors (Lipinski definition) is 2. The molecule has 2 aromatic heterocycles. The number of halogens is 4. The van der Waals surface area contributed by atoms with Crippen molar-refractivity contribution in [2.24, 2.45) is 0 Å². The number of thiazole rings is 1. The highest BCUT2D eigenvalue weighted by Crippen LogP contribution is 2.43. The first-order chi connectivity index (χ1) is 19.8. The van der Waals surface area contributed by atoms with Crippen LogP contribution in [0.1, 0.15) is 6.42 Å². The van der Waals surface area contributed by atoms with Crippen molar-refractivity contribution in [2.75, 3.05) is 57.1 Å². The molecule has 0 aliphatic carbocycles. The van der Waals surface area contributed by atoms with Crippen LogP contribution < -0.4 is 20.7 Å².